The molecule has 31 heavy (non-hydrogen) atoms. The summed E-state index contributed by atoms with van der Waals surface area (Å²) < 4.78 is 45.5. The van der Waals surface area contributed by atoms with Crippen LogP contribution in [0.2, 0.25) is 0 Å². The van der Waals surface area contributed by atoms with Crippen LogP contribution in [0.1, 0.15) is 16.8 Å². The maximum Gasteiger partial charge on any atom is 0.287 e. The van der Waals surface area contributed by atoms with Crippen LogP contribution in [0.15, 0.2) is 54.6 Å². The largest absolute Gasteiger partial charge is 0.496 e. The maximum absolute atomic E-state index is 14.7. The van der Waals surface area contributed by atoms with Gasteiger partial charge in [-0.15, -0.1) is 0 Å². The molecule has 1 saturated heterocycles. The number of para-hydroxylation sites is 1. The third-order valence-electron chi connectivity index (χ3n) is 5.34. The van der Waals surface area contributed by atoms with Crippen LogP contribution < -0.4 is 14.2 Å². The number of amides is 1. The van der Waals surface area contributed by atoms with Crippen LogP contribution in [-0.2, 0) is 0 Å². The zero-order valence-electron chi connectivity index (χ0n) is 17.2. The summed E-state index contributed by atoms with van der Waals surface area (Å²) in [6.07, 6.45) is -2.05. The van der Waals surface area contributed by atoms with E-state index in [-0.39, 0.29) is 24.5 Å². The van der Waals surface area contributed by atoms with Crippen molar-refractivity contribution in [2.45, 2.75) is 18.4 Å². The summed E-state index contributed by atoms with van der Waals surface area (Å²) in [7, 11) is 2.88. The van der Waals surface area contributed by atoms with Gasteiger partial charge in [-0.05, 0) is 24.3 Å². The summed E-state index contributed by atoms with van der Waals surface area (Å²) >= 11 is 0. The van der Waals surface area contributed by atoms with Gasteiger partial charge in [0.1, 0.15) is 17.1 Å². The lowest BCUT2D eigenvalue weighted by atomic mass is 10.0. The minimum Gasteiger partial charge on any atom is -0.496 e. The minimum absolute atomic E-state index is 0.0903. The van der Waals surface area contributed by atoms with Crippen LogP contribution >= 0.6 is 0 Å². The molecule has 0 aliphatic carbocycles. The zero-order chi connectivity index (χ0) is 22.0. The molecule has 0 N–H and O–H groups in total. The van der Waals surface area contributed by atoms with Gasteiger partial charge in [0.2, 0.25) is 5.88 Å². The third kappa shape index (κ3) is 4.10. The molecule has 1 unspecified atom stereocenters. The SMILES string of the molecule is COc1cccc(OC)c1C(=O)N1CCC(F)(F)C(Oc2ccc3ccccc3n2)C1. The van der Waals surface area contributed by atoms with Crippen LogP contribution in [0.5, 0.6) is 17.4 Å². The summed E-state index contributed by atoms with van der Waals surface area (Å²) in [6, 6.07) is 15.6. The van der Waals surface area contributed by atoms with Crippen molar-refractivity contribution in [1.29, 1.82) is 0 Å². The molecule has 0 spiro atoms. The number of hydrogen-bond acceptors (Lipinski definition) is 5. The first-order valence-electron chi connectivity index (χ1n) is 9.83. The minimum atomic E-state index is -3.10. The van der Waals surface area contributed by atoms with Crippen molar-refractivity contribution in [2.24, 2.45) is 0 Å². The first-order chi connectivity index (χ1) is 14.9. The number of fused-ring (bicyclic) bond motifs is 1. The fourth-order valence-corrected chi connectivity index (χ4v) is 3.66. The van der Waals surface area contributed by atoms with E-state index in [1.54, 1.807) is 36.4 Å². The normalized spacial score (nSPS) is 17.9. The van der Waals surface area contributed by atoms with E-state index in [0.29, 0.717) is 17.0 Å². The molecule has 1 amide bonds. The average molecular weight is 428 g/mol. The summed E-state index contributed by atoms with van der Waals surface area (Å²) in [6.45, 7) is -0.403. The number of hydrogen-bond donors (Lipinski definition) is 0. The first kappa shape index (κ1) is 20.8. The van der Waals surface area contributed by atoms with Gasteiger partial charge in [0.05, 0.1) is 26.3 Å². The van der Waals surface area contributed by atoms with Crippen LogP contribution in [0.3, 0.4) is 0 Å². The maximum atomic E-state index is 14.7. The van der Waals surface area contributed by atoms with Gasteiger partial charge in [0, 0.05) is 24.4 Å². The van der Waals surface area contributed by atoms with Crippen molar-refractivity contribution in [3.63, 3.8) is 0 Å². The number of carbonyl (C=O) groups is 1. The molecule has 1 fully saturated rings. The molecular weight excluding hydrogens is 406 g/mol. The quantitative estimate of drug-likeness (QED) is 0.610. The molecule has 0 bridgehead atoms. The predicted molar refractivity (Wildman–Crippen MR) is 111 cm³/mol. The number of aromatic nitrogens is 1. The summed E-state index contributed by atoms with van der Waals surface area (Å²) in [5, 5.41) is 0.880. The number of piperidine rings is 1. The lowest BCUT2D eigenvalue weighted by Gasteiger charge is -2.38. The molecule has 2 heterocycles. The Bertz CT molecular complexity index is 1080. The summed E-state index contributed by atoms with van der Waals surface area (Å²) in [4.78, 5) is 18.8. The predicted octanol–water partition coefficient (Wildman–Crippen LogP) is 4.18. The molecule has 1 aromatic heterocycles. The molecule has 2 aromatic carbocycles. The molecule has 4 rings (SSSR count). The second-order valence-electron chi connectivity index (χ2n) is 7.25. The highest BCUT2D eigenvalue weighted by Gasteiger charge is 2.47. The molecule has 8 heteroatoms. The Morgan fingerprint density at radius 2 is 1.74 bits per heavy atom. The summed E-state index contributed by atoms with van der Waals surface area (Å²) in [5.41, 5.74) is 0.839. The van der Waals surface area contributed by atoms with E-state index in [1.807, 2.05) is 18.2 Å². The van der Waals surface area contributed by atoms with Gasteiger partial charge in [-0.2, -0.15) is 0 Å². The average Bonchev–Trinajstić information content (AvgIpc) is 2.79. The molecule has 0 radical (unpaired) electrons. The molecule has 1 aliphatic heterocycles. The number of rotatable bonds is 5. The number of ether oxygens (including phenoxy) is 3. The Kier molecular flexibility index (Phi) is 5.63. The van der Waals surface area contributed by atoms with Crippen molar-refractivity contribution in [1.82, 2.24) is 9.88 Å². The Morgan fingerprint density at radius 1 is 1.03 bits per heavy atom. The van der Waals surface area contributed by atoms with E-state index < -0.39 is 24.4 Å². The lowest BCUT2D eigenvalue weighted by molar-refractivity contribution is -0.131. The van der Waals surface area contributed by atoms with Gasteiger partial charge in [-0.1, -0.05) is 24.3 Å². The number of alkyl halides is 2. The van der Waals surface area contributed by atoms with Crippen molar-refractivity contribution in [3.8, 4) is 17.4 Å². The number of carbonyl (C=O) groups excluding carboxylic acids is 1. The molecule has 3 aromatic rings. The lowest BCUT2D eigenvalue weighted by Crippen LogP contribution is -2.55. The number of pyridine rings is 1. The molecule has 6 nitrogen and oxygen atoms in total. The monoisotopic (exact) mass is 428 g/mol. The van der Waals surface area contributed by atoms with Crippen LogP contribution in [-0.4, -0.2) is 55.1 Å². The number of likely N-dealkylation sites (tertiary alicyclic amines) is 1. The van der Waals surface area contributed by atoms with E-state index in [9.17, 15) is 13.6 Å². The van der Waals surface area contributed by atoms with Crippen molar-refractivity contribution in [3.05, 3.63) is 60.2 Å². The molecule has 162 valence electrons. The van der Waals surface area contributed by atoms with E-state index in [0.717, 1.165) is 5.39 Å². The van der Waals surface area contributed by atoms with Gasteiger partial charge in [0.25, 0.3) is 11.8 Å². The number of benzene rings is 2. The van der Waals surface area contributed by atoms with Gasteiger partial charge in [-0.25, -0.2) is 13.8 Å². The van der Waals surface area contributed by atoms with Crippen molar-refractivity contribution >= 4 is 16.8 Å². The highest BCUT2D eigenvalue weighted by atomic mass is 19.3. The zero-order valence-corrected chi connectivity index (χ0v) is 17.2. The summed E-state index contributed by atoms with van der Waals surface area (Å²) in [5.74, 6) is -2.84. The topological polar surface area (TPSA) is 60.9 Å². The van der Waals surface area contributed by atoms with Gasteiger partial charge < -0.3 is 19.1 Å². The number of halogens is 2. The fourth-order valence-electron chi connectivity index (χ4n) is 3.66. The van der Waals surface area contributed by atoms with E-state index in [1.165, 1.54) is 19.1 Å². The highest BCUT2D eigenvalue weighted by molar-refractivity contribution is 5.99. The highest BCUT2D eigenvalue weighted by Crippen LogP contribution is 2.35. The molecule has 1 atom stereocenters. The second-order valence-corrected chi connectivity index (χ2v) is 7.25. The van der Waals surface area contributed by atoms with Crippen LogP contribution in [0, 0.1) is 0 Å². The van der Waals surface area contributed by atoms with Gasteiger partial charge >= 0.3 is 0 Å². The fraction of sp³-hybridized carbons (Fsp3) is 0.304. The van der Waals surface area contributed by atoms with Crippen LogP contribution in [0.25, 0.3) is 10.9 Å². The second kappa shape index (κ2) is 8.37. The smallest absolute Gasteiger partial charge is 0.287 e. The van der Waals surface area contributed by atoms with E-state index in [2.05, 4.69) is 4.98 Å². The standard InChI is InChI=1S/C23H22F2N2O4/c1-29-17-8-5-9-18(30-2)21(17)22(28)27-13-12-23(24,25)19(14-27)31-20-11-10-15-6-3-4-7-16(15)26-20/h3-11,19H,12-14H2,1-2H3. The Morgan fingerprint density at radius 3 is 2.45 bits per heavy atom. The molecular formula is C23H22F2N2O4. The number of nitrogens with zero attached hydrogens (tertiary/aromatic N) is 2. The van der Waals surface area contributed by atoms with Crippen LogP contribution in [0.4, 0.5) is 8.78 Å². The Labute approximate surface area is 178 Å². The Balaban J connectivity index is 1.59. The molecule has 1 aliphatic rings. The van der Waals surface area contributed by atoms with E-state index in [4.69, 9.17) is 14.2 Å². The van der Waals surface area contributed by atoms with Crippen molar-refractivity contribution in [2.75, 3.05) is 27.3 Å². The Hall–Kier alpha value is -3.42. The van der Waals surface area contributed by atoms with Gasteiger partial charge in [-0.3, -0.25) is 4.79 Å². The molecule has 0 saturated carbocycles. The first-order valence-corrected chi connectivity index (χ1v) is 9.83. The number of methoxy groups -OCH3 is 2. The van der Waals surface area contributed by atoms with E-state index >= 15 is 0 Å². The van der Waals surface area contributed by atoms with Gasteiger partial charge in [0.15, 0.2) is 6.10 Å². The van der Waals surface area contributed by atoms with Crippen molar-refractivity contribution < 1.29 is 27.8 Å². The third-order valence-corrected chi connectivity index (χ3v) is 5.34.